The van der Waals surface area contributed by atoms with Crippen LogP contribution in [-0.2, 0) is 9.53 Å². The average molecular weight is 431 g/mol. The van der Waals surface area contributed by atoms with Gasteiger partial charge in [-0.3, -0.25) is 19.3 Å². The molecule has 32 heavy (non-hydrogen) atoms. The largest absolute Gasteiger partial charge is 0.465 e. The Balaban J connectivity index is 1.67. The zero-order valence-electron chi connectivity index (χ0n) is 17.6. The Morgan fingerprint density at radius 2 is 1.62 bits per heavy atom. The molecule has 0 aliphatic carbocycles. The molecule has 0 aromatic heterocycles. The Kier molecular flexibility index (Phi) is 5.59. The molecule has 162 valence electrons. The predicted molar refractivity (Wildman–Crippen MR) is 119 cm³/mol. The topological polar surface area (TPSA) is 105 Å². The molecular formula is C24H21N3O5. The van der Waals surface area contributed by atoms with Crippen LogP contribution >= 0.6 is 0 Å². The van der Waals surface area contributed by atoms with Gasteiger partial charge in [0, 0.05) is 53.3 Å². The minimum Gasteiger partial charge on any atom is -0.465 e. The number of anilines is 2. The number of ether oxygens (including phenoxy) is 1. The molecular weight excluding hydrogens is 410 g/mol. The highest BCUT2D eigenvalue weighted by Gasteiger charge is 2.33. The molecule has 1 heterocycles. The van der Waals surface area contributed by atoms with E-state index in [1.54, 1.807) is 48.5 Å². The van der Waals surface area contributed by atoms with Crippen molar-refractivity contribution >= 4 is 45.8 Å². The molecule has 3 amide bonds. The fourth-order valence-corrected chi connectivity index (χ4v) is 3.77. The van der Waals surface area contributed by atoms with Crippen LogP contribution in [0, 0.1) is 0 Å². The Morgan fingerprint density at radius 3 is 2.28 bits per heavy atom. The third-order valence-electron chi connectivity index (χ3n) is 5.29. The first-order valence-electron chi connectivity index (χ1n) is 10.0. The van der Waals surface area contributed by atoms with Crippen molar-refractivity contribution in [3.05, 3.63) is 71.3 Å². The fraction of sp³-hybridized carbons (Fsp3) is 0.167. The molecule has 0 fully saturated rings. The highest BCUT2D eigenvalue weighted by molar-refractivity contribution is 6.26. The van der Waals surface area contributed by atoms with Crippen molar-refractivity contribution in [3.8, 4) is 0 Å². The van der Waals surface area contributed by atoms with Crippen LogP contribution in [0.1, 0.15) is 38.0 Å². The quantitative estimate of drug-likeness (QED) is 0.459. The monoisotopic (exact) mass is 431 g/mol. The number of imide groups is 1. The molecule has 0 atom stereocenters. The standard InChI is InChI=1S/C24H21N3O5/c1-14(28)25-12-13-27-22(29)18-5-3-4-17-20(11-10-19(21(17)18)23(27)30)26-16-8-6-15(7-9-16)24(31)32-2/h3-11,26H,12-13H2,1-2H3,(H,25,28). The van der Waals surface area contributed by atoms with Crippen molar-refractivity contribution in [2.24, 2.45) is 0 Å². The molecule has 0 bridgehead atoms. The van der Waals surface area contributed by atoms with Crippen LogP contribution in [0.4, 0.5) is 11.4 Å². The van der Waals surface area contributed by atoms with Crippen LogP contribution < -0.4 is 10.6 Å². The SMILES string of the molecule is COC(=O)c1ccc(Nc2ccc3c4c(cccc24)C(=O)N(CCNC(C)=O)C3=O)cc1. The zero-order chi connectivity index (χ0) is 22.8. The van der Waals surface area contributed by atoms with Crippen molar-refractivity contribution in [1.29, 1.82) is 0 Å². The van der Waals surface area contributed by atoms with Crippen molar-refractivity contribution in [2.45, 2.75) is 6.92 Å². The second-order valence-electron chi connectivity index (χ2n) is 7.33. The lowest BCUT2D eigenvalue weighted by atomic mass is 9.93. The van der Waals surface area contributed by atoms with Crippen LogP contribution in [-0.4, -0.2) is 48.8 Å². The third-order valence-corrected chi connectivity index (χ3v) is 5.29. The highest BCUT2D eigenvalue weighted by atomic mass is 16.5. The molecule has 3 aromatic carbocycles. The summed E-state index contributed by atoms with van der Waals surface area (Å²) in [6.45, 7) is 1.67. The molecule has 0 spiro atoms. The van der Waals surface area contributed by atoms with E-state index >= 15 is 0 Å². The minimum atomic E-state index is -0.418. The van der Waals surface area contributed by atoms with E-state index in [0.29, 0.717) is 22.1 Å². The summed E-state index contributed by atoms with van der Waals surface area (Å²) >= 11 is 0. The fourth-order valence-electron chi connectivity index (χ4n) is 3.77. The minimum absolute atomic E-state index is 0.0968. The van der Waals surface area contributed by atoms with Crippen molar-refractivity contribution < 1.29 is 23.9 Å². The number of esters is 1. The maximum Gasteiger partial charge on any atom is 0.337 e. The van der Waals surface area contributed by atoms with Gasteiger partial charge in [-0.2, -0.15) is 0 Å². The van der Waals surface area contributed by atoms with Gasteiger partial charge in [0.2, 0.25) is 5.91 Å². The van der Waals surface area contributed by atoms with E-state index in [1.807, 2.05) is 6.07 Å². The van der Waals surface area contributed by atoms with Crippen LogP contribution in [0.5, 0.6) is 0 Å². The van der Waals surface area contributed by atoms with Crippen LogP contribution in [0.3, 0.4) is 0 Å². The van der Waals surface area contributed by atoms with Crippen molar-refractivity contribution in [1.82, 2.24) is 10.2 Å². The van der Waals surface area contributed by atoms with Gasteiger partial charge in [0.15, 0.2) is 0 Å². The molecule has 1 aliphatic heterocycles. The summed E-state index contributed by atoms with van der Waals surface area (Å²) in [5.41, 5.74) is 2.77. The van der Waals surface area contributed by atoms with E-state index in [9.17, 15) is 19.2 Å². The number of benzene rings is 3. The second-order valence-corrected chi connectivity index (χ2v) is 7.33. The summed E-state index contributed by atoms with van der Waals surface area (Å²) in [7, 11) is 1.33. The Bertz CT molecular complexity index is 1230. The number of nitrogens with one attached hydrogen (secondary N) is 2. The number of carbonyl (C=O) groups excluding carboxylic acids is 4. The van der Waals surface area contributed by atoms with E-state index in [1.165, 1.54) is 14.0 Å². The maximum atomic E-state index is 13.0. The molecule has 8 nitrogen and oxygen atoms in total. The lowest BCUT2D eigenvalue weighted by Gasteiger charge is -2.28. The van der Waals surface area contributed by atoms with Gasteiger partial charge in [-0.1, -0.05) is 12.1 Å². The van der Waals surface area contributed by atoms with Gasteiger partial charge >= 0.3 is 5.97 Å². The molecule has 0 unspecified atom stereocenters. The Morgan fingerprint density at radius 1 is 0.938 bits per heavy atom. The average Bonchev–Trinajstić information content (AvgIpc) is 2.80. The number of amides is 3. The van der Waals surface area contributed by atoms with Gasteiger partial charge in [-0.15, -0.1) is 0 Å². The first-order valence-corrected chi connectivity index (χ1v) is 10.0. The molecule has 0 saturated heterocycles. The second kappa shape index (κ2) is 8.50. The predicted octanol–water partition coefficient (Wildman–Crippen LogP) is 3.10. The van der Waals surface area contributed by atoms with E-state index in [0.717, 1.165) is 21.7 Å². The van der Waals surface area contributed by atoms with Gasteiger partial charge in [0.05, 0.1) is 12.7 Å². The number of hydrogen-bond donors (Lipinski definition) is 2. The molecule has 8 heteroatoms. The van der Waals surface area contributed by atoms with Crippen LogP contribution in [0.2, 0.25) is 0 Å². The van der Waals surface area contributed by atoms with E-state index < -0.39 is 17.8 Å². The van der Waals surface area contributed by atoms with Crippen LogP contribution in [0.15, 0.2) is 54.6 Å². The summed E-state index contributed by atoms with van der Waals surface area (Å²) < 4.78 is 4.71. The van der Waals surface area contributed by atoms with E-state index in [2.05, 4.69) is 10.6 Å². The summed E-state index contributed by atoms with van der Waals surface area (Å²) in [6, 6.07) is 15.6. The number of nitrogens with zero attached hydrogens (tertiary/aromatic N) is 1. The molecule has 3 aromatic rings. The van der Waals surface area contributed by atoms with Gasteiger partial charge < -0.3 is 15.4 Å². The number of hydrogen-bond acceptors (Lipinski definition) is 6. The van der Waals surface area contributed by atoms with Gasteiger partial charge in [0.25, 0.3) is 11.8 Å². The van der Waals surface area contributed by atoms with Gasteiger partial charge in [-0.05, 0) is 42.5 Å². The zero-order valence-corrected chi connectivity index (χ0v) is 17.6. The number of methoxy groups -OCH3 is 1. The lowest BCUT2D eigenvalue weighted by Crippen LogP contribution is -2.44. The van der Waals surface area contributed by atoms with Crippen molar-refractivity contribution in [2.75, 3.05) is 25.5 Å². The molecule has 2 N–H and O–H groups in total. The van der Waals surface area contributed by atoms with Gasteiger partial charge in [0.1, 0.15) is 0 Å². The number of rotatable bonds is 6. The summed E-state index contributed by atoms with van der Waals surface area (Å²) in [6.07, 6.45) is 0. The summed E-state index contributed by atoms with van der Waals surface area (Å²) in [4.78, 5) is 49.9. The molecule has 0 radical (unpaired) electrons. The van der Waals surface area contributed by atoms with E-state index in [-0.39, 0.29) is 19.0 Å². The smallest absolute Gasteiger partial charge is 0.337 e. The van der Waals surface area contributed by atoms with Gasteiger partial charge in [-0.25, -0.2) is 4.79 Å². The first kappa shape index (κ1) is 21.0. The summed E-state index contributed by atoms with van der Waals surface area (Å²) in [5.74, 6) is -1.42. The molecule has 4 rings (SSSR count). The number of carbonyl (C=O) groups is 4. The lowest BCUT2D eigenvalue weighted by molar-refractivity contribution is -0.119. The first-order chi connectivity index (χ1) is 15.4. The molecule has 0 saturated carbocycles. The van der Waals surface area contributed by atoms with E-state index in [4.69, 9.17) is 4.74 Å². The van der Waals surface area contributed by atoms with Crippen molar-refractivity contribution in [3.63, 3.8) is 0 Å². The Hall–Kier alpha value is -4.20. The highest BCUT2D eigenvalue weighted by Crippen LogP contribution is 2.35. The third kappa shape index (κ3) is 3.78. The summed E-state index contributed by atoms with van der Waals surface area (Å²) in [5, 5.41) is 7.22. The maximum absolute atomic E-state index is 13.0. The van der Waals surface area contributed by atoms with Crippen LogP contribution in [0.25, 0.3) is 10.8 Å². The Labute approximate surface area is 184 Å². The molecule has 1 aliphatic rings. The normalized spacial score (nSPS) is 12.6.